The first-order valence-electron chi connectivity index (χ1n) is 9.26. The first-order chi connectivity index (χ1) is 12.8. The molecular weight excluding hydrogens is 354 g/mol. The van der Waals surface area contributed by atoms with Crippen molar-refractivity contribution in [3.63, 3.8) is 0 Å². The maximum Gasteiger partial charge on any atom is 0.326 e. The standard InChI is InChI=1S/C18H31N3O6/c1-13(2)15(23)8-3-4-9-16(24)20-10-6-5-7-14(18(26)27)21-17(25)11-19-12-22/h12-14H,3-11H2,1-2H3,(H,19,22)(H,20,24)(H,21,25)(H,26,27). The summed E-state index contributed by atoms with van der Waals surface area (Å²) in [6, 6.07) is -1.03. The van der Waals surface area contributed by atoms with E-state index in [1.165, 1.54) is 0 Å². The molecule has 1 atom stereocenters. The summed E-state index contributed by atoms with van der Waals surface area (Å²) in [5.74, 6) is -1.57. The van der Waals surface area contributed by atoms with Gasteiger partial charge < -0.3 is 21.1 Å². The second-order valence-electron chi connectivity index (χ2n) is 6.63. The lowest BCUT2D eigenvalue weighted by Crippen LogP contribution is -2.44. The van der Waals surface area contributed by atoms with Crippen LogP contribution in [-0.4, -0.2) is 54.2 Å². The van der Waals surface area contributed by atoms with Crippen molar-refractivity contribution in [2.24, 2.45) is 5.92 Å². The normalized spacial score (nSPS) is 11.5. The van der Waals surface area contributed by atoms with Crippen molar-refractivity contribution >= 4 is 30.0 Å². The van der Waals surface area contributed by atoms with Crippen molar-refractivity contribution in [3.05, 3.63) is 0 Å². The highest BCUT2D eigenvalue weighted by atomic mass is 16.4. The van der Waals surface area contributed by atoms with Crippen LogP contribution in [0.5, 0.6) is 0 Å². The van der Waals surface area contributed by atoms with Crippen LogP contribution in [0.2, 0.25) is 0 Å². The Morgan fingerprint density at radius 3 is 2.22 bits per heavy atom. The number of carbonyl (C=O) groups excluding carboxylic acids is 4. The molecule has 0 heterocycles. The van der Waals surface area contributed by atoms with Gasteiger partial charge in [-0.25, -0.2) is 4.79 Å². The molecule has 154 valence electrons. The number of amides is 3. The smallest absolute Gasteiger partial charge is 0.326 e. The molecule has 0 aromatic rings. The topological polar surface area (TPSA) is 142 Å². The molecule has 0 bridgehead atoms. The average Bonchev–Trinajstić information content (AvgIpc) is 2.61. The quantitative estimate of drug-likeness (QED) is 0.223. The Morgan fingerprint density at radius 1 is 0.963 bits per heavy atom. The van der Waals surface area contributed by atoms with Crippen LogP contribution in [0.1, 0.15) is 58.8 Å². The Kier molecular flexibility index (Phi) is 13.4. The van der Waals surface area contributed by atoms with Gasteiger partial charge in [-0.15, -0.1) is 0 Å². The van der Waals surface area contributed by atoms with E-state index in [4.69, 9.17) is 5.11 Å². The van der Waals surface area contributed by atoms with Crippen molar-refractivity contribution in [1.82, 2.24) is 16.0 Å². The minimum atomic E-state index is -1.14. The Bertz CT molecular complexity index is 507. The van der Waals surface area contributed by atoms with Crippen LogP contribution in [0.25, 0.3) is 0 Å². The van der Waals surface area contributed by atoms with E-state index < -0.39 is 17.9 Å². The molecule has 0 aliphatic rings. The van der Waals surface area contributed by atoms with E-state index in [1.807, 2.05) is 13.8 Å². The molecule has 0 spiro atoms. The van der Waals surface area contributed by atoms with Gasteiger partial charge in [0.15, 0.2) is 0 Å². The van der Waals surface area contributed by atoms with E-state index in [1.54, 1.807) is 0 Å². The van der Waals surface area contributed by atoms with Gasteiger partial charge in [0.25, 0.3) is 0 Å². The number of aliphatic carboxylic acids is 1. The van der Waals surface area contributed by atoms with Crippen LogP contribution in [0.15, 0.2) is 0 Å². The van der Waals surface area contributed by atoms with Crippen LogP contribution in [0.3, 0.4) is 0 Å². The molecule has 4 N–H and O–H groups in total. The zero-order valence-corrected chi connectivity index (χ0v) is 16.1. The van der Waals surface area contributed by atoms with Gasteiger partial charge >= 0.3 is 5.97 Å². The summed E-state index contributed by atoms with van der Waals surface area (Å²) in [5.41, 5.74) is 0. The fourth-order valence-electron chi connectivity index (χ4n) is 2.30. The largest absolute Gasteiger partial charge is 0.480 e. The molecule has 0 radical (unpaired) electrons. The summed E-state index contributed by atoms with van der Waals surface area (Å²) in [5, 5.41) is 16.3. The highest BCUT2D eigenvalue weighted by Crippen LogP contribution is 2.06. The number of carboxylic acid groups (broad SMARTS) is 1. The molecule has 0 aliphatic heterocycles. The number of Topliss-reactive ketones (excluding diaryl/α,β-unsaturated/α-hetero) is 1. The predicted molar refractivity (Wildman–Crippen MR) is 98.8 cm³/mol. The Balaban J connectivity index is 3.83. The molecule has 0 saturated heterocycles. The van der Waals surface area contributed by atoms with Crippen molar-refractivity contribution in [1.29, 1.82) is 0 Å². The van der Waals surface area contributed by atoms with Gasteiger partial charge in [0, 0.05) is 25.3 Å². The lowest BCUT2D eigenvalue weighted by Gasteiger charge is -2.14. The highest BCUT2D eigenvalue weighted by Gasteiger charge is 2.19. The molecular formula is C18H31N3O6. The van der Waals surface area contributed by atoms with E-state index in [-0.39, 0.29) is 30.6 Å². The minimum absolute atomic E-state index is 0.0273. The fourth-order valence-corrected chi connectivity index (χ4v) is 2.30. The van der Waals surface area contributed by atoms with Gasteiger partial charge in [0.1, 0.15) is 11.8 Å². The number of carbonyl (C=O) groups is 5. The van der Waals surface area contributed by atoms with Crippen LogP contribution >= 0.6 is 0 Å². The lowest BCUT2D eigenvalue weighted by atomic mass is 10.0. The maximum atomic E-state index is 11.7. The van der Waals surface area contributed by atoms with Crippen LogP contribution in [-0.2, 0) is 24.0 Å². The molecule has 0 aromatic heterocycles. The zero-order valence-electron chi connectivity index (χ0n) is 16.1. The first-order valence-corrected chi connectivity index (χ1v) is 9.26. The molecule has 27 heavy (non-hydrogen) atoms. The summed E-state index contributed by atoms with van der Waals surface area (Å²) >= 11 is 0. The summed E-state index contributed by atoms with van der Waals surface area (Å²) in [6.07, 6.45) is 3.91. The highest BCUT2D eigenvalue weighted by molar-refractivity contribution is 5.85. The summed E-state index contributed by atoms with van der Waals surface area (Å²) < 4.78 is 0. The first kappa shape index (κ1) is 24.6. The average molecular weight is 385 g/mol. The van der Waals surface area contributed by atoms with E-state index in [0.29, 0.717) is 51.5 Å². The summed E-state index contributed by atoms with van der Waals surface area (Å²) in [6.45, 7) is 3.87. The number of rotatable bonds is 16. The third-order valence-electron chi connectivity index (χ3n) is 3.94. The SMILES string of the molecule is CC(C)C(=O)CCCCC(=O)NCCCCC(NC(=O)CNC=O)C(=O)O. The van der Waals surface area contributed by atoms with Crippen molar-refractivity contribution in [3.8, 4) is 0 Å². The Labute approximate surface area is 159 Å². The molecule has 9 nitrogen and oxygen atoms in total. The van der Waals surface area contributed by atoms with Gasteiger partial charge in [-0.3, -0.25) is 19.2 Å². The molecule has 0 rings (SSSR count). The van der Waals surface area contributed by atoms with Crippen LogP contribution < -0.4 is 16.0 Å². The number of hydrogen-bond acceptors (Lipinski definition) is 5. The number of nitrogens with one attached hydrogen (secondary N) is 3. The molecule has 1 unspecified atom stereocenters. The van der Waals surface area contributed by atoms with E-state index in [2.05, 4.69) is 16.0 Å². The van der Waals surface area contributed by atoms with Gasteiger partial charge in [-0.1, -0.05) is 13.8 Å². The summed E-state index contributed by atoms with van der Waals surface area (Å²) in [7, 11) is 0. The van der Waals surface area contributed by atoms with E-state index >= 15 is 0 Å². The van der Waals surface area contributed by atoms with E-state index in [0.717, 1.165) is 0 Å². The van der Waals surface area contributed by atoms with Crippen molar-refractivity contribution < 1.29 is 29.1 Å². The molecule has 0 aromatic carbocycles. The molecule has 0 aliphatic carbocycles. The number of carboxylic acids is 1. The fraction of sp³-hybridized carbons (Fsp3) is 0.722. The lowest BCUT2D eigenvalue weighted by molar-refractivity contribution is -0.142. The van der Waals surface area contributed by atoms with Crippen molar-refractivity contribution in [2.45, 2.75) is 64.8 Å². The monoisotopic (exact) mass is 385 g/mol. The van der Waals surface area contributed by atoms with Crippen LogP contribution in [0.4, 0.5) is 0 Å². The maximum absolute atomic E-state index is 11.7. The Morgan fingerprint density at radius 2 is 1.63 bits per heavy atom. The van der Waals surface area contributed by atoms with Gasteiger partial charge in [0.2, 0.25) is 18.2 Å². The minimum Gasteiger partial charge on any atom is -0.480 e. The van der Waals surface area contributed by atoms with Crippen molar-refractivity contribution in [2.75, 3.05) is 13.1 Å². The molecule has 0 fully saturated rings. The second-order valence-corrected chi connectivity index (χ2v) is 6.63. The van der Waals surface area contributed by atoms with Crippen LogP contribution in [0, 0.1) is 5.92 Å². The number of ketones is 1. The second kappa shape index (κ2) is 14.7. The number of hydrogen-bond donors (Lipinski definition) is 4. The zero-order chi connectivity index (χ0) is 20.7. The predicted octanol–water partition coefficient (Wildman–Crippen LogP) is 0.374. The third-order valence-corrected chi connectivity index (χ3v) is 3.94. The van der Waals surface area contributed by atoms with Gasteiger partial charge in [-0.2, -0.15) is 0 Å². The third kappa shape index (κ3) is 13.4. The van der Waals surface area contributed by atoms with Gasteiger partial charge in [0.05, 0.1) is 6.54 Å². The van der Waals surface area contributed by atoms with Gasteiger partial charge in [-0.05, 0) is 32.1 Å². The summed E-state index contributed by atoms with van der Waals surface area (Å²) in [4.78, 5) is 55.8. The molecule has 9 heteroatoms. The number of unbranched alkanes of at least 4 members (excludes halogenated alkanes) is 2. The Hall–Kier alpha value is -2.45. The van der Waals surface area contributed by atoms with E-state index in [9.17, 15) is 24.0 Å². The molecule has 0 saturated carbocycles. The molecule has 3 amide bonds.